The maximum Gasteiger partial charge on any atom is 0.358 e. The fourth-order valence-electron chi connectivity index (χ4n) is 2.43. The highest BCUT2D eigenvalue weighted by Crippen LogP contribution is 2.26. The van der Waals surface area contributed by atoms with Crippen LogP contribution in [0.15, 0.2) is 53.9 Å². The zero-order valence-corrected chi connectivity index (χ0v) is 16.5. The molecule has 0 unspecified atom stereocenters. The van der Waals surface area contributed by atoms with Crippen LogP contribution in [0.5, 0.6) is 5.75 Å². The minimum absolute atomic E-state index is 0.123. The van der Waals surface area contributed by atoms with E-state index >= 15 is 0 Å². The van der Waals surface area contributed by atoms with Crippen molar-refractivity contribution in [2.75, 3.05) is 12.4 Å². The highest BCUT2D eigenvalue weighted by molar-refractivity contribution is 7.13. The van der Waals surface area contributed by atoms with Gasteiger partial charge in [-0.15, -0.1) is 11.3 Å². The number of carbonyl (C=O) groups excluding carboxylic acids is 2. The van der Waals surface area contributed by atoms with Gasteiger partial charge in [-0.1, -0.05) is 12.1 Å². The largest absolute Gasteiger partial charge is 0.497 e. The average molecular weight is 407 g/mol. The molecule has 29 heavy (non-hydrogen) atoms. The van der Waals surface area contributed by atoms with Gasteiger partial charge in [0.25, 0.3) is 5.91 Å². The van der Waals surface area contributed by atoms with Crippen molar-refractivity contribution in [2.45, 2.75) is 13.0 Å². The second-order valence-corrected chi connectivity index (χ2v) is 6.82. The van der Waals surface area contributed by atoms with Gasteiger partial charge in [0.1, 0.15) is 16.8 Å². The number of amides is 1. The van der Waals surface area contributed by atoms with Crippen molar-refractivity contribution in [1.29, 1.82) is 5.26 Å². The summed E-state index contributed by atoms with van der Waals surface area (Å²) in [4.78, 5) is 28.9. The van der Waals surface area contributed by atoms with E-state index in [0.29, 0.717) is 16.3 Å². The Bertz CT molecular complexity index is 1070. The third kappa shape index (κ3) is 4.78. The number of esters is 1. The molecule has 0 saturated carbocycles. The van der Waals surface area contributed by atoms with E-state index in [1.165, 1.54) is 18.3 Å². The van der Waals surface area contributed by atoms with E-state index in [9.17, 15) is 9.59 Å². The van der Waals surface area contributed by atoms with E-state index in [-0.39, 0.29) is 5.69 Å². The highest BCUT2D eigenvalue weighted by Gasteiger charge is 2.22. The van der Waals surface area contributed by atoms with Gasteiger partial charge in [-0.05, 0) is 43.3 Å². The number of anilines is 1. The molecule has 3 rings (SSSR count). The number of rotatable bonds is 6. The minimum atomic E-state index is -1.06. The number of hydrogen-bond donors (Lipinski definition) is 1. The molecule has 0 spiro atoms. The van der Waals surface area contributed by atoms with Crippen LogP contribution < -0.4 is 10.1 Å². The Morgan fingerprint density at radius 1 is 1.17 bits per heavy atom. The molecule has 0 fully saturated rings. The summed E-state index contributed by atoms with van der Waals surface area (Å²) in [7, 11) is 1.59. The van der Waals surface area contributed by atoms with Crippen LogP contribution in [-0.4, -0.2) is 30.1 Å². The number of hydrogen-bond acceptors (Lipinski definition) is 7. The molecule has 0 bridgehead atoms. The molecule has 1 N–H and O–H groups in total. The first kappa shape index (κ1) is 20.0. The molecule has 7 nitrogen and oxygen atoms in total. The Balaban J connectivity index is 1.64. The van der Waals surface area contributed by atoms with Crippen LogP contribution in [0, 0.1) is 11.3 Å². The zero-order valence-electron chi connectivity index (χ0n) is 15.7. The number of carbonyl (C=O) groups is 2. The minimum Gasteiger partial charge on any atom is -0.497 e. The van der Waals surface area contributed by atoms with Gasteiger partial charge in [0.05, 0.1) is 18.4 Å². The molecule has 0 radical (unpaired) electrons. The Labute approximate surface area is 171 Å². The first-order chi connectivity index (χ1) is 14.0. The topological polar surface area (TPSA) is 101 Å². The third-order valence-electron chi connectivity index (χ3n) is 4.01. The number of nitrogens with zero attached hydrogens (tertiary/aromatic N) is 2. The van der Waals surface area contributed by atoms with E-state index in [0.717, 1.165) is 11.3 Å². The number of benzene rings is 2. The summed E-state index contributed by atoms with van der Waals surface area (Å²) < 4.78 is 10.3. The summed E-state index contributed by atoms with van der Waals surface area (Å²) in [6.45, 7) is 1.46. The Morgan fingerprint density at radius 3 is 2.59 bits per heavy atom. The lowest BCUT2D eigenvalue weighted by atomic mass is 10.2. The number of nitriles is 1. The number of ether oxygens (including phenoxy) is 2. The monoisotopic (exact) mass is 407 g/mol. The second-order valence-electron chi connectivity index (χ2n) is 5.96. The first-order valence-electron chi connectivity index (χ1n) is 8.62. The van der Waals surface area contributed by atoms with E-state index < -0.39 is 18.0 Å². The lowest BCUT2D eigenvalue weighted by Crippen LogP contribution is -2.30. The summed E-state index contributed by atoms with van der Waals surface area (Å²) in [5.74, 6) is -0.508. The van der Waals surface area contributed by atoms with Crippen LogP contribution in [0.2, 0.25) is 0 Å². The molecule has 0 aliphatic heterocycles. The average Bonchev–Trinajstić information content (AvgIpc) is 3.24. The molecular weight excluding hydrogens is 390 g/mol. The summed E-state index contributed by atoms with van der Waals surface area (Å²) in [6, 6.07) is 15.9. The number of thiazole rings is 1. The van der Waals surface area contributed by atoms with Crippen LogP contribution in [0.3, 0.4) is 0 Å². The number of aromatic nitrogens is 1. The molecule has 0 aliphatic carbocycles. The quantitative estimate of drug-likeness (QED) is 0.623. The molecule has 0 aliphatic rings. The summed E-state index contributed by atoms with van der Waals surface area (Å²) in [6.07, 6.45) is -1.06. The fraction of sp³-hybridized carbons (Fsp3) is 0.143. The van der Waals surface area contributed by atoms with Crippen LogP contribution in [-0.2, 0) is 9.53 Å². The van der Waals surface area contributed by atoms with Gasteiger partial charge in [0.15, 0.2) is 11.8 Å². The van der Waals surface area contributed by atoms with E-state index in [1.807, 2.05) is 18.2 Å². The SMILES string of the molecule is COc1ccc(-c2nc(C(=O)O[C@H](C)C(=O)Nc3ccccc3C#N)cs2)cc1. The fourth-order valence-corrected chi connectivity index (χ4v) is 3.23. The van der Waals surface area contributed by atoms with E-state index in [4.69, 9.17) is 14.7 Å². The lowest BCUT2D eigenvalue weighted by molar-refractivity contribution is -0.123. The number of para-hydroxylation sites is 1. The number of nitrogens with one attached hydrogen (secondary N) is 1. The lowest BCUT2D eigenvalue weighted by Gasteiger charge is -2.13. The van der Waals surface area contributed by atoms with Crippen molar-refractivity contribution in [3.8, 4) is 22.4 Å². The molecule has 8 heteroatoms. The summed E-state index contributed by atoms with van der Waals surface area (Å²) in [5, 5.41) is 13.9. The van der Waals surface area contributed by atoms with Gasteiger partial charge in [-0.2, -0.15) is 5.26 Å². The van der Waals surface area contributed by atoms with Crippen molar-refractivity contribution in [3.63, 3.8) is 0 Å². The van der Waals surface area contributed by atoms with Gasteiger partial charge in [0, 0.05) is 10.9 Å². The standard InChI is InChI=1S/C21H17N3O4S/c1-13(19(25)23-17-6-4-3-5-15(17)11-22)28-21(26)18-12-29-20(24-18)14-7-9-16(27-2)10-8-14/h3-10,12-13H,1-2H3,(H,23,25)/t13-/m1/s1. The molecule has 1 atom stereocenters. The van der Waals surface area contributed by atoms with Gasteiger partial charge < -0.3 is 14.8 Å². The molecule has 1 amide bonds. The van der Waals surface area contributed by atoms with Crippen LogP contribution in [0.1, 0.15) is 23.0 Å². The molecular formula is C21H17N3O4S. The van der Waals surface area contributed by atoms with Crippen molar-refractivity contribution in [1.82, 2.24) is 4.98 Å². The Hall–Kier alpha value is -3.70. The van der Waals surface area contributed by atoms with Crippen molar-refractivity contribution < 1.29 is 19.1 Å². The summed E-state index contributed by atoms with van der Waals surface area (Å²) in [5.41, 5.74) is 1.65. The highest BCUT2D eigenvalue weighted by atomic mass is 32.1. The first-order valence-corrected chi connectivity index (χ1v) is 9.50. The maximum atomic E-state index is 12.3. The van der Waals surface area contributed by atoms with Gasteiger partial charge >= 0.3 is 5.97 Å². The van der Waals surface area contributed by atoms with Crippen LogP contribution >= 0.6 is 11.3 Å². The van der Waals surface area contributed by atoms with Crippen molar-refractivity contribution in [3.05, 3.63) is 65.2 Å². The predicted molar refractivity (Wildman–Crippen MR) is 109 cm³/mol. The normalized spacial score (nSPS) is 11.2. The Morgan fingerprint density at radius 2 is 1.90 bits per heavy atom. The smallest absolute Gasteiger partial charge is 0.358 e. The third-order valence-corrected chi connectivity index (χ3v) is 4.90. The number of methoxy groups -OCH3 is 1. The zero-order chi connectivity index (χ0) is 20.8. The molecule has 1 heterocycles. The van der Waals surface area contributed by atoms with Crippen molar-refractivity contribution >= 4 is 28.9 Å². The molecule has 0 saturated heterocycles. The van der Waals surface area contributed by atoms with Crippen molar-refractivity contribution in [2.24, 2.45) is 0 Å². The molecule has 1 aromatic heterocycles. The second kappa shape index (κ2) is 8.99. The molecule has 146 valence electrons. The van der Waals surface area contributed by atoms with Crippen LogP contribution in [0.25, 0.3) is 10.6 Å². The van der Waals surface area contributed by atoms with E-state index in [2.05, 4.69) is 10.3 Å². The van der Waals surface area contributed by atoms with Gasteiger partial charge in [0.2, 0.25) is 0 Å². The predicted octanol–water partition coefficient (Wildman–Crippen LogP) is 3.87. The molecule has 3 aromatic rings. The van der Waals surface area contributed by atoms with Gasteiger partial charge in [-0.3, -0.25) is 4.79 Å². The molecule has 2 aromatic carbocycles. The van der Waals surface area contributed by atoms with E-state index in [1.54, 1.807) is 48.9 Å². The Kier molecular flexibility index (Phi) is 6.22. The van der Waals surface area contributed by atoms with Crippen LogP contribution in [0.4, 0.5) is 5.69 Å². The summed E-state index contributed by atoms with van der Waals surface area (Å²) >= 11 is 1.30. The van der Waals surface area contributed by atoms with Gasteiger partial charge in [-0.25, -0.2) is 9.78 Å². The maximum absolute atomic E-state index is 12.3.